The van der Waals surface area contributed by atoms with E-state index in [0.29, 0.717) is 0 Å². The van der Waals surface area contributed by atoms with Crippen LogP contribution in [0.2, 0.25) is 0 Å². The molecule has 4 rings (SSSR count). The number of anilines is 1. The first-order chi connectivity index (χ1) is 11.7. The monoisotopic (exact) mass is 320 g/mol. The van der Waals surface area contributed by atoms with Gasteiger partial charge in [0.2, 0.25) is 0 Å². The van der Waals surface area contributed by atoms with Crippen molar-refractivity contribution in [3.05, 3.63) is 48.8 Å². The van der Waals surface area contributed by atoms with Gasteiger partial charge in [0.1, 0.15) is 5.69 Å². The molecule has 0 aliphatic carbocycles. The number of aryl methyl sites for hydroxylation is 2. The fraction of sp³-hybridized carbons (Fsp3) is 0.316. The molecule has 1 aliphatic rings. The highest BCUT2D eigenvalue weighted by molar-refractivity contribution is 6.01. The normalized spacial score (nSPS) is 15.0. The van der Waals surface area contributed by atoms with E-state index in [2.05, 4.69) is 51.5 Å². The Morgan fingerprint density at radius 1 is 0.958 bits per heavy atom. The standard InChI is InChI=1S/C19H22N5/c1-22-13-14-23(2)19(22)21-20-17-9-10-18(24-11-5-6-12-24)16-8-4-3-7-15(16)17/h3-4,7-10,13-14H,5-6,11-12H2,1-2H3/q+1. The zero-order valence-electron chi connectivity index (χ0n) is 14.2. The number of fused-ring (bicyclic) bond motifs is 1. The lowest BCUT2D eigenvalue weighted by molar-refractivity contribution is -0.657. The molecule has 0 spiro atoms. The van der Waals surface area contributed by atoms with Crippen molar-refractivity contribution in [3.63, 3.8) is 0 Å². The number of nitrogens with zero attached hydrogens (tertiary/aromatic N) is 5. The van der Waals surface area contributed by atoms with Gasteiger partial charge in [-0.2, -0.15) is 0 Å². The summed E-state index contributed by atoms with van der Waals surface area (Å²) in [5.74, 6) is 0.822. The summed E-state index contributed by atoms with van der Waals surface area (Å²) < 4.78 is 3.93. The molecule has 2 heterocycles. The minimum atomic E-state index is 0.822. The zero-order valence-corrected chi connectivity index (χ0v) is 14.2. The highest BCUT2D eigenvalue weighted by Gasteiger charge is 2.17. The molecular weight excluding hydrogens is 298 g/mol. The Morgan fingerprint density at radius 3 is 2.42 bits per heavy atom. The molecule has 0 radical (unpaired) electrons. The van der Waals surface area contributed by atoms with E-state index in [0.717, 1.165) is 30.1 Å². The third-order valence-corrected chi connectivity index (χ3v) is 4.72. The number of aromatic nitrogens is 2. The van der Waals surface area contributed by atoms with Crippen LogP contribution in [0.1, 0.15) is 12.8 Å². The van der Waals surface area contributed by atoms with Gasteiger partial charge >= 0.3 is 5.95 Å². The molecule has 1 saturated heterocycles. The Bertz CT molecular complexity index is 884. The Balaban J connectivity index is 1.78. The van der Waals surface area contributed by atoms with Gasteiger partial charge in [-0.1, -0.05) is 29.4 Å². The second kappa shape index (κ2) is 6.07. The fourth-order valence-corrected chi connectivity index (χ4v) is 3.41. The Hall–Kier alpha value is -2.69. The molecular formula is C19H22N5+. The molecule has 1 aromatic heterocycles. The van der Waals surface area contributed by atoms with Crippen molar-refractivity contribution in [2.24, 2.45) is 24.3 Å². The summed E-state index contributed by atoms with van der Waals surface area (Å²) in [6.07, 6.45) is 6.51. The zero-order chi connectivity index (χ0) is 16.5. The van der Waals surface area contributed by atoms with Crippen molar-refractivity contribution in [3.8, 4) is 0 Å². The maximum Gasteiger partial charge on any atom is 0.421 e. The molecule has 1 aliphatic heterocycles. The number of rotatable bonds is 3. The average Bonchev–Trinajstić information content (AvgIpc) is 3.24. The van der Waals surface area contributed by atoms with E-state index in [1.54, 1.807) is 0 Å². The van der Waals surface area contributed by atoms with Crippen LogP contribution in [-0.2, 0) is 14.1 Å². The van der Waals surface area contributed by atoms with E-state index in [1.165, 1.54) is 23.9 Å². The van der Waals surface area contributed by atoms with E-state index in [4.69, 9.17) is 0 Å². The van der Waals surface area contributed by atoms with Crippen LogP contribution in [0.4, 0.5) is 17.3 Å². The van der Waals surface area contributed by atoms with Crippen molar-refractivity contribution in [1.29, 1.82) is 0 Å². The summed E-state index contributed by atoms with van der Waals surface area (Å²) in [6, 6.07) is 12.8. The van der Waals surface area contributed by atoms with Crippen LogP contribution in [0.25, 0.3) is 10.8 Å². The Morgan fingerprint density at radius 2 is 1.71 bits per heavy atom. The first kappa shape index (κ1) is 14.9. The molecule has 0 bridgehead atoms. The van der Waals surface area contributed by atoms with Crippen LogP contribution in [0.15, 0.2) is 59.0 Å². The van der Waals surface area contributed by atoms with Gasteiger partial charge in [0.15, 0.2) is 0 Å². The van der Waals surface area contributed by atoms with E-state index in [-0.39, 0.29) is 0 Å². The van der Waals surface area contributed by atoms with Gasteiger partial charge < -0.3 is 4.90 Å². The molecule has 5 nitrogen and oxygen atoms in total. The maximum absolute atomic E-state index is 4.53. The van der Waals surface area contributed by atoms with Gasteiger partial charge in [0.25, 0.3) is 0 Å². The van der Waals surface area contributed by atoms with Crippen molar-refractivity contribution in [1.82, 2.24) is 4.57 Å². The first-order valence-corrected chi connectivity index (χ1v) is 8.43. The molecule has 2 aromatic carbocycles. The minimum Gasteiger partial charge on any atom is -0.371 e. The molecule has 5 heteroatoms. The van der Waals surface area contributed by atoms with E-state index in [9.17, 15) is 0 Å². The van der Waals surface area contributed by atoms with Crippen LogP contribution in [0.5, 0.6) is 0 Å². The minimum absolute atomic E-state index is 0.822. The van der Waals surface area contributed by atoms with Crippen molar-refractivity contribution in [2.45, 2.75) is 12.8 Å². The van der Waals surface area contributed by atoms with Crippen LogP contribution in [0, 0.1) is 0 Å². The Kier molecular flexibility index (Phi) is 3.76. The van der Waals surface area contributed by atoms with E-state index >= 15 is 0 Å². The SMILES string of the molecule is Cn1cc[n+](C)c1N=Nc1ccc(N2CCCC2)c2ccccc12. The van der Waals surface area contributed by atoms with E-state index in [1.807, 2.05) is 35.6 Å². The summed E-state index contributed by atoms with van der Waals surface area (Å²) in [7, 11) is 3.95. The number of hydrogen-bond donors (Lipinski definition) is 0. The molecule has 0 N–H and O–H groups in total. The molecule has 0 amide bonds. The first-order valence-electron chi connectivity index (χ1n) is 8.43. The molecule has 0 atom stereocenters. The molecule has 0 saturated carbocycles. The van der Waals surface area contributed by atoms with Crippen molar-refractivity contribution >= 4 is 28.1 Å². The molecule has 3 aromatic rings. The van der Waals surface area contributed by atoms with E-state index < -0.39 is 0 Å². The van der Waals surface area contributed by atoms with Crippen molar-refractivity contribution in [2.75, 3.05) is 18.0 Å². The summed E-state index contributed by atoms with van der Waals surface area (Å²) in [5.41, 5.74) is 2.22. The second-order valence-corrected chi connectivity index (χ2v) is 6.36. The maximum atomic E-state index is 4.53. The summed E-state index contributed by atoms with van der Waals surface area (Å²) in [6.45, 7) is 2.29. The predicted molar refractivity (Wildman–Crippen MR) is 96.2 cm³/mol. The van der Waals surface area contributed by atoms with Gasteiger partial charge in [0.05, 0.1) is 26.5 Å². The lowest BCUT2D eigenvalue weighted by atomic mass is 10.1. The highest BCUT2D eigenvalue weighted by Crippen LogP contribution is 2.35. The quantitative estimate of drug-likeness (QED) is 0.530. The van der Waals surface area contributed by atoms with Gasteiger partial charge in [0, 0.05) is 34.7 Å². The fourth-order valence-electron chi connectivity index (χ4n) is 3.41. The van der Waals surface area contributed by atoms with Gasteiger partial charge in [-0.05, 0) is 25.0 Å². The molecule has 1 fully saturated rings. The largest absolute Gasteiger partial charge is 0.421 e. The van der Waals surface area contributed by atoms with Crippen LogP contribution in [-0.4, -0.2) is 17.7 Å². The smallest absolute Gasteiger partial charge is 0.371 e. The second-order valence-electron chi connectivity index (χ2n) is 6.36. The molecule has 0 unspecified atom stereocenters. The number of imidazole rings is 1. The third kappa shape index (κ3) is 2.56. The van der Waals surface area contributed by atoms with Crippen LogP contribution < -0.4 is 9.47 Å². The number of hydrogen-bond acceptors (Lipinski definition) is 3. The number of benzene rings is 2. The van der Waals surface area contributed by atoms with Gasteiger partial charge in [-0.3, -0.25) is 0 Å². The lowest BCUT2D eigenvalue weighted by Crippen LogP contribution is -2.25. The van der Waals surface area contributed by atoms with Crippen LogP contribution >= 0.6 is 0 Å². The summed E-state index contributed by atoms with van der Waals surface area (Å²) >= 11 is 0. The van der Waals surface area contributed by atoms with Crippen LogP contribution in [0.3, 0.4) is 0 Å². The summed E-state index contributed by atoms with van der Waals surface area (Å²) in [5, 5.41) is 11.4. The van der Waals surface area contributed by atoms with Gasteiger partial charge in [-0.25, -0.2) is 9.13 Å². The Labute approximate surface area is 141 Å². The summed E-state index contributed by atoms with van der Waals surface area (Å²) in [4.78, 5) is 2.47. The third-order valence-electron chi connectivity index (χ3n) is 4.72. The van der Waals surface area contributed by atoms with Gasteiger partial charge in [-0.15, -0.1) is 0 Å². The predicted octanol–water partition coefficient (Wildman–Crippen LogP) is 4.02. The molecule has 24 heavy (non-hydrogen) atoms. The molecule has 122 valence electrons. The highest BCUT2D eigenvalue weighted by atomic mass is 15.3. The average molecular weight is 320 g/mol. The lowest BCUT2D eigenvalue weighted by Gasteiger charge is -2.20. The number of azo groups is 1. The van der Waals surface area contributed by atoms with Crippen molar-refractivity contribution < 1.29 is 4.57 Å². The topological polar surface area (TPSA) is 36.8 Å².